The first kappa shape index (κ1) is 9.83. The molecule has 2 unspecified atom stereocenters. The van der Waals surface area contributed by atoms with E-state index >= 15 is 0 Å². The molecule has 0 bridgehead atoms. The van der Waals surface area contributed by atoms with Gasteiger partial charge in [-0.3, -0.25) is 9.69 Å². The maximum absolute atomic E-state index is 13.1. The van der Waals surface area contributed by atoms with Gasteiger partial charge in [0.1, 0.15) is 17.9 Å². The minimum absolute atomic E-state index is 0.0695. The number of ether oxygens (including phenoxy) is 1. The second-order valence-electron chi connectivity index (χ2n) is 4.03. The molecular formula is C9H13F2NO2. The average Bonchev–Trinajstić information content (AvgIpc) is 2.55. The lowest BCUT2D eigenvalue weighted by molar-refractivity contribution is -0.151. The van der Waals surface area contributed by atoms with Gasteiger partial charge in [-0.05, 0) is 0 Å². The van der Waals surface area contributed by atoms with Crippen molar-refractivity contribution < 1.29 is 18.3 Å². The number of carbonyl (C=O) groups is 1. The Hall–Kier alpha value is -0.710. The first-order valence-corrected chi connectivity index (χ1v) is 4.70. The zero-order valence-corrected chi connectivity index (χ0v) is 8.00. The van der Waals surface area contributed by atoms with Crippen LogP contribution in [0.25, 0.3) is 0 Å². The molecule has 14 heavy (non-hydrogen) atoms. The van der Waals surface area contributed by atoms with E-state index in [0.717, 1.165) is 0 Å². The molecule has 3 atom stereocenters. The van der Waals surface area contributed by atoms with E-state index in [9.17, 15) is 13.6 Å². The van der Waals surface area contributed by atoms with Gasteiger partial charge in [0.15, 0.2) is 0 Å². The number of rotatable bonds is 1. The van der Waals surface area contributed by atoms with Crippen LogP contribution >= 0.6 is 0 Å². The summed E-state index contributed by atoms with van der Waals surface area (Å²) in [6.07, 6.45) is -1.94. The Bertz CT molecular complexity index is 245. The minimum atomic E-state index is -1.04. The van der Waals surface area contributed by atoms with Gasteiger partial charge in [0.05, 0.1) is 7.11 Å². The fourth-order valence-corrected chi connectivity index (χ4v) is 2.59. The van der Waals surface area contributed by atoms with Crippen molar-refractivity contribution in [1.82, 2.24) is 4.90 Å². The van der Waals surface area contributed by atoms with Crippen molar-refractivity contribution in [3.8, 4) is 0 Å². The number of halogens is 2. The molecule has 0 saturated carbocycles. The molecular weight excluding hydrogens is 192 g/mol. The van der Waals surface area contributed by atoms with Crippen molar-refractivity contribution in [3.63, 3.8) is 0 Å². The molecule has 2 aliphatic heterocycles. The predicted molar refractivity (Wildman–Crippen MR) is 45.3 cm³/mol. The average molecular weight is 205 g/mol. The molecule has 80 valence electrons. The molecule has 0 aromatic carbocycles. The van der Waals surface area contributed by atoms with Crippen LogP contribution < -0.4 is 0 Å². The molecule has 2 rings (SSSR count). The Morgan fingerprint density at radius 1 is 1.36 bits per heavy atom. The van der Waals surface area contributed by atoms with Crippen molar-refractivity contribution in [3.05, 3.63) is 0 Å². The zero-order chi connectivity index (χ0) is 10.3. The number of nitrogens with zero attached hydrogens (tertiary/aromatic N) is 1. The lowest BCUT2D eigenvalue weighted by Gasteiger charge is -2.27. The van der Waals surface area contributed by atoms with E-state index in [1.807, 2.05) is 0 Å². The number of hydrogen-bond donors (Lipinski definition) is 0. The van der Waals surface area contributed by atoms with Crippen molar-refractivity contribution >= 4 is 5.97 Å². The van der Waals surface area contributed by atoms with Gasteiger partial charge in [-0.15, -0.1) is 0 Å². The highest BCUT2D eigenvalue weighted by atomic mass is 19.1. The maximum Gasteiger partial charge on any atom is 0.326 e. The number of carbonyl (C=O) groups excluding carboxylic acids is 1. The van der Waals surface area contributed by atoms with Crippen molar-refractivity contribution in [1.29, 1.82) is 0 Å². The normalized spacial score (nSPS) is 42.5. The lowest BCUT2D eigenvalue weighted by atomic mass is 9.93. The molecule has 0 aliphatic carbocycles. The first-order chi connectivity index (χ1) is 6.58. The van der Waals surface area contributed by atoms with E-state index in [4.69, 9.17) is 0 Å². The van der Waals surface area contributed by atoms with Crippen molar-refractivity contribution in [2.45, 2.75) is 30.7 Å². The summed E-state index contributed by atoms with van der Waals surface area (Å²) in [4.78, 5) is 13.1. The highest BCUT2D eigenvalue weighted by Gasteiger charge is 2.58. The van der Waals surface area contributed by atoms with Crippen LogP contribution in [0.5, 0.6) is 0 Å². The second kappa shape index (κ2) is 3.15. The second-order valence-corrected chi connectivity index (χ2v) is 4.03. The minimum Gasteiger partial charge on any atom is -0.468 e. The van der Waals surface area contributed by atoms with Crippen LogP contribution in [0, 0.1) is 0 Å². The number of fused-ring (bicyclic) bond motifs is 1. The third-order valence-electron chi connectivity index (χ3n) is 3.13. The lowest BCUT2D eigenvalue weighted by Crippen LogP contribution is -2.46. The van der Waals surface area contributed by atoms with Crippen LogP contribution in [0.3, 0.4) is 0 Å². The standard InChI is InChI=1S/C9H13F2NO2/c1-14-8(13)9-2-6(10)4-12(9)5-7(11)3-9/h6-7H,2-5H2,1H3/t6-,7?,9?/m1/s1. The summed E-state index contributed by atoms with van der Waals surface area (Å²) < 4.78 is 30.9. The van der Waals surface area contributed by atoms with E-state index in [-0.39, 0.29) is 25.9 Å². The molecule has 0 aromatic heterocycles. The van der Waals surface area contributed by atoms with Gasteiger partial charge in [0.2, 0.25) is 0 Å². The predicted octanol–water partition coefficient (Wildman–Crippen LogP) is 0.684. The van der Waals surface area contributed by atoms with E-state index in [2.05, 4.69) is 4.74 Å². The van der Waals surface area contributed by atoms with Crippen LogP contribution in [-0.2, 0) is 9.53 Å². The molecule has 0 radical (unpaired) electrons. The van der Waals surface area contributed by atoms with E-state index in [1.165, 1.54) is 7.11 Å². The van der Waals surface area contributed by atoms with Gasteiger partial charge >= 0.3 is 5.97 Å². The number of alkyl halides is 2. The smallest absolute Gasteiger partial charge is 0.326 e. The maximum atomic E-state index is 13.1. The third kappa shape index (κ3) is 1.22. The van der Waals surface area contributed by atoms with Gasteiger partial charge in [-0.1, -0.05) is 0 Å². The Kier molecular flexibility index (Phi) is 2.21. The highest BCUT2D eigenvalue weighted by Crippen LogP contribution is 2.41. The quantitative estimate of drug-likeness (QED) is 0.590. The Balaban J connectivity index is 2.24. The molecule has 2 aliphatic rings. The van der Waals surface area contributed by atoms with E-state index < -0.39 is 23.9 Å². The van der Waals surface area contributed by atoms with Crippen molar-refractivity contribution in [2.75, 3.05) is 20.2 Å². The summed E-state index contributed by atoms with van der Waals surface area (Å²) in [6.45, 7) is 0.297. The number of hydrogen-bond acceptors (Lipinski definition) is 3. The molecule has 2 heterocycles. The third-order valence-corrected chi connectivity index (χ3v) is 3.13. The summed E-state index contributed by atoms with van der Waals surface area (Å²) >= 11 is 0. The van der Waals surface area contributed by atoms with E-state index in [1.54, 1.807) is 4.90 Å². The monoisotopic (exact) mass is 205 g/mol. The molecule has 5 heteroatoms. The molecule has 2 fully saturated rings. The fourth-order valence-electron chi connectivity index (χ4n) is 2.59. The molecule has 2 saturated heterocycles. The summed E-state index contributed by atoms with van der Waals surface area (Å²) in [6, 6.07) is 0. The molecule has 0 N–H and O–H groups in total. The fraction of sp³-hybridized carbons (Fsp3) is 0.889. The summed E-state index contributed by atoms with van der Waals surface area (Å²) in [7, 11) is 1.26. The van der Waals surface area contributed by atoms with Crippen LogP contribution in [-0.4, -0.2) is 49.0 Å². The van der Waals surface area contributed by atoms with Gasteiger partial charge in [0.25, 0.3) is 0 Å². The number of methoxy groups -OCH3 is 1. The van der Waals surface area contributed by atoms with Crippen LogP contribution in [0.15, 0.2) is 0 Å². The topological polar surface area (TPSA) is 29.5 Å². The molecule has 0 amide bonds. The SMILES string of the molecule is COC(=O)C12CC(F)CN1C[C@H](F)C2. The van der Waals surface area contributed by atoms with Crippen LogP contribution in [0.1, 0.15) is 12.8 Å². The Morgan fingerprint density at radius 2 is 1.86 bits per heavy atom. The highest BCUT2D eigenvalue weighted by molar-refractivity contribution is 5.82. The van der Waals surface area contributed by atoms with Crippen LogP contribution in [0.4, 0.5) is 8.78 Å². The van der Waals surface area contributed by atoms with E-state index in [0.29, 0.717) is 0 Å². The largest absolute Gasteiger partial charge is 0.468 e. The molecule has 0 spiro atoms. The van der Waals surface area contributed by atoms with Gasteiger partial charge < -0.3 is 4.74 Å². The summed E-state index contributed by atoms with van der Waals surface area (Å²) in [5.41, 5.74) is -1.02. The molecule has 3 nitrogen and oxygen atoms in total. The van der Waals surface area contributed by atoms with Crippen molar-refractivity contribution in [2.24, 2.45) is 0 Å². The van der Waals surface area contributed by atoms with Crippen LogP contribution in [0.2, 0.25) is 0 Å². The van der Waals surface area contributed by atoms with Gasteiger partial charge in [-0.2, -0.15) is 0 Å². The Labute approximate surface area is 81.0 Å². The number of esters is 1. The van der Waals surface area contributed by atoms with Gasteiger partial charge in [0, 0.05) is 25.9 Å². The zero-order valence-electron chi connectivity index (χ0n) is 8.00. The summed E-state index contributed by atoms with van der Waals surface area (Å²) in [5, 5.41) is 0. The summed E-state index contributed by atoms with van der Waals surface area (Å²) in [5.74, 6) is -0.502. The first-order valence-electron chi connectivity index (χ1n) is 4.70. The molecule has 0 aromatic rings. The Morgan fingerprint density at radius 3 is 2.29 bits per heavy atom. The van der Waals surface area contributed by atoms with Gasteiger partial charge in [-0.25, -0.2) is 8.78 Å².